The van der Waals surface area contributed by atoms with Crippen molar-refractivity contribution in [2.24, 2.45) is 39.9 Å². The van der Waals surface area contributed by atoms with Crippen molar-refractivity contribution >= 4 is 35.6 Å². The molecule has 6 unspecified atom stereocenters. The van der Waals surface area contributed by atoms with Crippen molar-refractivity contribution in [2.45, 2.75) is 110 Å². The number of nitrogens with zero attached hydrogens (tertiary/aromatic N) is 2. The number of hydrogen-bond donors (Lipinski definition) is 7. The van der Waals surface area contributed by atoms with Gasteiger partial charge in [0.2, 0.25) is 23.6 Å². The van der Waals surface area contributed by atoms with Crippen molar-refractivity contribution in [1.82, 2.24) is 20.9 Å². The van der Waals surface area contributed by atoms with Crippen molar-refractivity contribution < 1.29 is 29.1 Å². The quantitative estimate of drug-likeness (QED) is 0.0659. The summed E-state index contributed by atoms with van der Waals surface area (Å²) in [6, 6.07) is -4.68. The monoisotopic (exact) mass is 596 g/mol. The van der Waals surface area contributed by atoms with E-state index in [-0.39, 0.29) is 42.6 Å². The van der Waals surface area contributed by atoms with Crippen LogP contribution in [0, 0.1) is 17.8 Å². The largest absolute Gasteiger partial charge is 0.480 e. The molecule has 4 amide bonds. The number of carboxylic acid groups (broad SMARTS) is 1. The van der Waals surface area contributed by atoms with Crippen LogP contribution in [0.3, 0.4) is 0 Å². The molecule has 1 fully saturated rings. The number of aliphatic carboxylic acids is 1. The van der Waals surface area contributed by atoms with Gasteiger partial charge in [-0.05, 0) is 49.9 Å². The Hall–Kier alpha value is -3.42. The maximum Gasteiger partial charge on any atom is 0.326 e. The van der Waals surface area contributed by atoms with Crippen LogP contribution in [-0.4, -0.2) is 88.9 Å². The zero-order chi connectivity index (χ0) is 32.1. The molecule has 0 aliphatic carbocycles. The Morgan fingerprint density at radius 1 is 0.976 bits per heavy atom. The van der Waals surface area contributed by atoms with Crippen LogP contribution >= 0.6 is 0 Å². The molecule has 0 bridgehead atoms. The van der Waals surface area contributed by atoms with Gasteiger partial charge in [0.1, 0.15) is 24.2 Å². The molecular formula is C28H52N8O6. The van der Waals surface area contributed by atoms with Gasteiger partial charge in [-0.3, -0.25) is 24.2 Å². The van der Waals surface area contributed by atoms with Gasteiger partial charge in [-0.15, -0.1) is 0 Å². The first-order valence-electron chi connectivity index (χ1n) is 14.9. The van der Waals surface area contributed by atoms with Crippen LogP contribution in [0.1, 0.15) is 80.1 Å². The first-order chi connectivity index (χ1) is 19.6. The van der Waals surface area contributed by atoms with E-state index in [0.717, 1.165) is 0 Å². The van der Waals surface area contributed by atoms with Gasteiger partial charge in [-0.1, -0.05) is 48.0 Å². The molecule has 240 valence electrons. The maximum atomic E-state index is 13.7. The summed E-state index contributed by atoms with van der Waals surface area (Å²) in [5, 5.41) is 17.6. The van der Waals surface area contributed by atoms with E-state index in [4.69, 9.17) is 17.2 Å². The molecule has 6 atom stereocenters. The number of amides is 4. The van der Waals surface area contributed by atoms with E-state index >= 15 is 0 Å². The number of guanidine groups is 1. The fourth-order valence-corrected chi connectivity index (χ4v) is 4.78. The number of carbonyl (C=O) groups excluding carboxylic acids is 4. The number of hydrogen-bond acceptors (Lipinski definition) is 7. The molecule has 14 heteroatoms. The van der Waals surface area contributed by atoms with Crippen LogP contribution in [0.4, 0.5) is 0 Å². The molecule has 0 radical (unpaired) electrons. The minimum atomic E-state index is -1.22. The summed E-state index contributed by atoms with van der Waals surface area (Å²) in [6.07, 6.45) is 2.46. The van der Waals surface area contributed by atoms with E-state index < -0.39 is 53.9 Å². The summed E-state index contributed by atoms with van der Waals surface area (Å²) in [5.41, 5.74) is 16.7. The Bertz CT molecular complexity index is 968. The Kier molecular flexibility index (Phi) is 15.3. The van der Waals surface area contributed by atoms with Crippen molar-refractivity contribution in [3.8, 4) is 0 Å². The molecule has 1 rings (SSSR count). The van der Waals surface area contributed by atoms with Crippen LogP contribution in [0.15, 0.2) is 4.99 Å². The van der Waals surface area contributed by atoms with E-state index in [1.807, 2.05) is 27.7 Å². The predicted octanol–water partition coefficient (Wildman–Crippen LogP) is -0.354. The molecule has 0 aromatic heterocycles. The third kappa shape index (κ3) is 11.5. The molecule has 1 saturated heterocycles. The lowest BCUT2D eigenvalue weighted by Gasteiger charge is -2.32. The average Bonchev–Trinajstić information content (AvgIpc) is 3.40. The Labute approximate surface area is 249 Å². The number of likely N-dealkylation sites (tertiary alicyclic amines) is 1. The van der Waals surface area contributed by atoms with Crippen LogP contribution in [0.25, 0.3) is 0 Å². The molecule has 42 heavy (non-hydrogen) atoms. The Morgan fingerprint density at radius 3 is 2.12 bits per heavy atom. The van der Waals surface area contributed by atoms with E-state index in [2.05, 4.69) is 20.9 Å². The number of carbonyl (C=O) groups is 5. The SMILES string of the molecule is CCC(C)C(N)C(=O)NC(CC(C)C)C(=O)N1CCCC1C(=O)NC(C(=O)NC(CCCN=C(N)N)C(=O)O)C(C)C. The van der Waals surface area contributed by atoms with Crippen molar-refractivity contribution in [1.29, 1.82) is 0 Å². The molecular weight excluding hydrogens is 544 g/mol. The summed E-state index contributed by atoms with van der Waals surface area (Å²) < 4.78 is 0. The lowest BCUT2D eigenvalue weighted by atomic mass is 9.97. The zero-order valence-electron chi connectivity index (χ0n) is 25.9. The Morgan fingerprint density at radius 2 is 1.60 bits per heavy atom. The van der Waals surface area contributed by atoms with E-state index in [1.165, 1.54) is 4.90 Å². The summed E-state index contributed by atoms with van der Waals surface area (Å²) >= 11 is 0. The molecule has 0 spiro atoms. The van der Waals surface area contributed by atoms with Crippen LogP contribution < -0.4 is 33.2 Å². The molecule has 14 nitrogen and oxygen atoms in total. The van der Waals surface area contributed by atoms with Gasteiger partial charge < -0.3 is 43.2 Å². The Balaban J connectivity index is 3.01. The maximum absolute atomic E-state index is 13.7. The van der Waals surface area contributed by atoms with Gasteiger partial charge in [-0.2, -0.15) is 0 Å². The standard InChI is InChI=1S/C28H52N8O6/c1-7-17(6)21(29)24(38)34-19(14-15(2)3)26(40)36-13-9-11-20(36)23(37)35-22(16(4)5)25(39)33-18(27(41)42)10-8-12-32-28(30)31/h15-22H,7-14,29H2,1-6H3,(H,33,39)(H,34,38)(H,35,37)(H,41,42)(H4,30,31,32). The summed E-state index contributed by atoms with van der Waals surface area (Å²) in [4.78, 5) is 70.0. The van der Waals surface area contributed by atoms with Crippen LogP contribution in [-0.2, 0) is 24.0 Å². The fraction of sp³-hybridized carbons (Fsp3) is 0.786. The van der Waals surface area contributed by atoms with Gasteiger partial charge in [0.25, 0.3) is 0 Å². The minimum Gasteiger partial charge on any atom is -0.480 e. The number of nitrogens with two attached hydrogens (primary N) is 3. The number of aliphatic imine (C=N–C) groups is 1. The van der Waals surface area contributed by atoms with Crippen LogP contribution in [0.2, 0.25) is 0 Å². The third-order valence-corrected chi connectivity index (χ3v) is 7.53. The molecule has 0 saturated carbocycles. The summed E-state index contributed by atoms with van der Waals surface area (Å²) in [6.45, 7) is 11.7. The topological polar surface area (TPSA) is 235 Å². The predicted molar refractivity (Wildman–Crippen MR) is 160 cm³/mol. The van der Waals surface area contributed by atoms with Crippen molar-refractivity contribution in [2.75, 3.05) is 13.1 Å². The zero-order valence-corrected chi connectivity index (χ0v) is 25.9. The molecule has 1 heterocycles. The highest BCUT2D eigenvalue weighted by molar-refractivity contribution is 5.96. The molecule has 10 N–H and O–H groups in total. The number of nitrogens with one attached hydrogen (secondary N) is 3. The smallest absolute Gasteiger partial charge is 0.326 e. The first-order valence-corrected chi connectivity index (χ1v) is 14.9. The normalized spacial score (nSPS) is 18.5. The molecule has 1 aliphatic rings. The van der Waals surface area contributed by atoms with Crippen molar-refractivity contribution in [3.05, 3.63) is 0 Å². The fourth-order valence-electron chi connectivity index (χ4n) is 4.78. The van der Waals surface area contributed by atoms with Crippen LogP contribution in [0.5, 0.6) is 0 Å². The second-order valence-electron chi connectivity index (χ2n) is 11.9. The van der Waals surface area contributed by atoms with Gasteiger partial charge in [0, 0.05) is 13.1 Å². The van der Waals surface area contributed by atoms with E-state index in [0.29, 0.717) is 38.6 Å². The summed E-state index contributed by atoms with van der Waals surface area (Å²) in [7, 11) is 0. The number of rotatable bonds is 17. The lowest BCUT2D eigenvalue weighted by Crippen LogP contribution is -2.59. The first kappa shape index (κ1) is 36.6. The second kappa shape index (κ2) is 17.5. The molecule has 0 aromatic rings. The molecule has 1 aliphatic heterocycles. The average molecular weight is 597 g/mol. The number of carboxylic acids is 1. The van der Waals surface area contributed by atoms with E-state index in [1.54, 1.807) is 13.8 Å². The van der Waals surface area contributed by atoms with Crippen molar-refractivity contribution in [3.63, 3.8) is 0 Å². The minimum absolute atomic E-state index is 0.0665. The van der Waals surface area contributed by atoms with Gasteiger partial charge in [-0.25, -0.2) is 4.79 Å². The molecule has 0 aromatic carbocycles. The highest BCUT2D eigenvalue weighted by Gasteiger charge is 2.40. The second-order valence-corrected chi connectivity index (χ2v) is 11.9. The van der Waals surface area contributed by atoms with Gasteiger partial charge in [0.05, 0.1) is 6.04 Å². The van der Waals surface area contributed by atoms with Gasteiger partial charge in [0.15, 0.2) is 5.96 Å². The third-order valence-electron chi connectivity index (χ3n) is 7.53. The lowest BCUT2D eigenvalue weighted by molar-refractivity contribution is -0.144. The highest BCUT2D eigenvalue weighted by atomic mass is 16.4. The summed E-state index contributed by atoms with van der Waals surface area (Å²) in [5.74, 6) is -3.62. The van der Waals surface area contributed by atoms with E-state index in [9.17, 15) is 29.1 Å². The highest BCUT2D eigenvalue weighted by Crippen LogP contribution is 2.21. The van der Waals surface area contributed by atoms with Gasteiger partial charge >= 0.3 is 5.97 Å².